The normalized spacial score (nSPS) is 15.4. The van der Waals surface area contributed by atoms with Gasteiger partial charge in [0, 0.05) is 32.2 Å². The molecule has 11 heteroatoms. The fraction of sp³-hybridized carbons (Fsp3) is 0.278. The van der Waals surface area contributed by atoms with E-state index < -0.39 is 45.8 Å². The third-order valence-corrected chi connectivity index (χ3v) is 6.26. The van der Waals surface area contributed by atoms with Crippen molar-refractivity contribution in [1.29, 1.82) is 0 Å². The van der Waals surface area contributed by atoms with Gasteiger partial charge in [0.15, 0.2) is 29.8 Å². The summed E-state index contributed by atoms with van der Waals surface area (Å²) in [5.74, 6) is -4.93. The zero-order chi connectivity index (χ0) is 21.2. The average molecular weight is 432 g/mol. The van der Waals surface area contributed by atoms with Crippen LogP contribution in [0, 0.1) is 23.3 Å². The summed E-state index contributed by atoms with van der Waals surface area (Å²) in [5, 5.41) is 0. The molecule has 3 rings (SSSR count). The topological polar surface area (TPSA) is 66.9 Å². The van der Waals surface area contributed by atoms with Gasteiger partial charge in [-0.2, -0.15) is 4.31 Å². The molecule has 29 heavy (non-hydrogen) atoms. The molecule has 0 unspecified atom stereocenters. The number of sulfonamides is 1. The van der Waals surface area contributed by atoms with Crippen molar-refractivity contribution in [1.82, 2.24) is 9.21 Å². The molecule has 6 nitrogen and oxygen atoms in total. The summed E-state index contributed by atoms with van der Waals surface area (Å²) in [6.07, 6.45) is 0. The summed E-state index contributed by atoms with van der Waals surface area (Å²) >= 11 is 0. The molecule has 1 aliphatic heterocycles. The Morgan fingerprint density at radius 3 is 2.21 bits per heavy atom. The fourth-order valence-corrected chi connectivity index (χ4v) is 4.22. The van der Waals surface area contributed by atoms with Gasteiger partial charge in [0.2, 0.25) is 10.0 Å². The van der Waals surface area contributed by atoms with Crippen molar-refractivity contribution in [3.63, 3.8) is 0 Å². The van der Waals surface area contributed by atoms with Crippen LogP contribution < -0.4 is 4.74 Å². The van der Waals surface area contributed by atoms with Gasteiger partial charge in [0.25, 0.3) is 5.91 Å². The maximum atomic E-state index is 13.5. The van der Waals surface area contributed by atoms with Gasteiger partial charge < -0.3 is 9.64 Å². The number of ether oxygens (including phenoxy) is 1. The summed E-state index contributed by atoms with van der Waals surface area (Å²) in [4.78, 5) is 13.2. The van der Waals surface area contributed by atoms with Crippen molar-refractivity contribution in [3.05, 3.63) is 59.7 Å². The molecule has 1 heterocycles. The molecule has 1 saturated heterocycles. The van der Waals surface area contributed by atoms with Crippen LogP contribution in [-0.4, -0.2) is 56.3 Å². The molecule has 2 aromatic carbocycles. The number of hydrogen-bond donors (Lipinski definition) is 0. The predicted octanol–water partition coefficient (Wildman–Crippen LogP) is 2.15. The monoisotopic (exact) mass is 432 g/mol. The lowest BCUT2D eigenvalue weighted by Gasteiger charge is -2.34. The molecule has 0 N–H and O–H groups in total. The molecule has 1 amide bonds. The molecule has 156 valence electrons. The highest BCUT2D eigenvalue weighted by atomic mass is 32.2. The molecule has 2 aromatic rings. The molecule has 0 atom stereocenters. The van der Waals surface area contributed by atoms with Crippen molar-refractivity contribution in [2.75, 3.05) is 32.8 Å². The van der Waals surface area contributed by atoms with E-state index in [-0.39, 0.29) is 36.8 Å². The number of carbonyl (C=O) groups excluding carboxylic acids is 1. The Hall–Kier alpha value is -2.66. The van der Waals surface area contributed by atoms with E-state index in [0.29, 0.717) is 12.1 Å². The molecular formula is C18H16F4N2O4S. The second-order valence-corrected chi connectivity index (χ2v) is 8.16. The third kappa shape index (κ3) is 4.67. The first-order valence-corrected chi connectivity index (χ1v) is 9.93. The molecule has 0 saturated carbocycles. The SMILES string of the molecule is O=C(COc1ccc(F)cc1F)N1CCN(S(=O)(=O)c2ccc(F)c(F)c2)CC1. The zero-order valence-electron chi connectivity index (χ0n) is 14.9. The maximum Gasteiger partial charge on any atom is 0.260 e. The minimum absolute atomic E-state index is 0.0387. The van der Waals surface area contributed by atoms with E-state index in [9.17, 15) is 30.8 Å². The molecule has 0 spiro atoms. The van der Waals surface area contributed by atoms with Crippen LogP contribution in [-0.2, 0) is 14.8 Å². The summed E-state index contributed by atoms with van der Waals surface area (Å²) in [7, 11) is -4.04. The summed E-state index contributed by atoms with van der Waals surface area (Å²) in [6.45, 7) is -0.539. The highest BCUT2D eigenvalue weighted by Gasteiger charge is 2.30. The van der Waals surface area contributed by atoms with E-state index in [0.717, 1.165) is 28.6 Å². The average Bonchev–Trinajstić information content (AvgIpc) is 2.69. The Bertz CT molecular complexity index is 1020. The Morgan fingerprint density at radius 1 is 0.897 bits per heavy atom. The Morgan fingerprint density at radius 2 is 1.59 bits per heavy atom. The van der Waals surface area contributed by atoms with E-state index in [1.54, 1.807) is 0 Å². The van der Waals surface area contributed by atoms with Crippen molar-refractivity contribution < 1.29 is 35.5 Å². The highest BCUT2D eigenvalue weighted by molar-refractivity contribution is 7.89. The van der Waals surface area contributed by atoms with Crippen LogP contribution in [0.25, 0.3) is 0 Å². The lowest BCUT2D eigenvalue weighted by atomic mass is 10.3. The van der Waals surface area contributed by atoms with Gasteiger partial charge in [0.1, 0.15) is 5.82 Å². The van der Waals surface area contributed by atoms with Gasteiger partial charge in [-0.3, -0.25) is 4.79 Å². The summed E-state index contributed by atoms with van der Waals surface area (Å²) in [6, 6.07) is 4.98. The first kappa shape index (κ1) is 21.1. The third-order valence-electron chi connectivity index (χ3n) is 4.37. The van der Waals surface area contributed by atoms with Crippen LogP contribution in [0.4, 0.5) is 17.6 Å². The molecule has 1 aliphatic rings. The number of rotatable bonds is 5. The van der Waals surface area contributed by atoms with Crippen molar-refractivity contribution in [3.8, 4) is 5.75 Å². The first-order valence-electron chi connectivity index (χ1n) is 8.49. The van der Waals surface area contributed by atoms with Crippen LogP contribution in [0.3, 0.4) is 0 Å². The minimum Gasteiger partial charge on any atom is -0.481 e. The van der Waals surface area contributed by atoms with E-state index in [2.05, 4.69) is 0 Å². The Balaban J connectivity index is 1.58. The van der Waals surface area contributed by atoms with E-state index in [1.807, 2.05) is 0 Å². The van der Waals surface area contributed by atoms with Crippen molar-refractivity contribution in [2.45, 2.75) is 4.90 Å². The Labute approximate surface area is 164 Å². The van der Waals surface area contributed by atoms with Crippen LogP contribution in [0.1, 0.15) is 0 Å². The van der Waals surface area contributed by atoms with Gasteiger partial charge in [-0.1, -0.05) is 0 Å². The van der Waals surface area contributed by atoms with Gasteiger partial charge in [-0.05, 0) is 30.3 Å². The van der Waals surface area contributed by atoms with Crippen LogP contribution >= 0.6 is 0 Å². The van der Waals surface area contributed by atoms with E-state index >= 15 is 0 Å². The van der Waals surface area contributed by atoms with Gasteiger partial charge >= 0.3 is 0 Å². The number of halogens is 4. The minimum atomic E-state index is -4.04. The number of amides is 1. The van der Waals surface area contributed by atoms with Crippen molar-refractivity contribution >= 4 is 15.9 Å². The number of nitrogens with zero attached hydrogens (tertiary/aromatic N) is 2. The molecule has 1 fully saturated rings. The van der Waals surface area contributed by atoms with Gasteiger partial charge in [-0.25, -0.2) is 26.0 Å². The lowest BCUT2D eigenvalue weighted by Crippen LogP contribution is -2.51. The fourth-order valence-electron chi connectivity index (χ4n) is 2.79. The zero-order valence-corrected chi connectivity index (χ0v) is 15.8. The molecule has 0 aromatic heterocycles. The largest absolute Gasteiger partial charge is 0.481 e. The second kappa shape index (κ2) is 8.37. The van der Waals surface area contributed by atoms with E-state index in [4.69, 9.17) is 4.74 Å². The lowest BCUT2D eigenvalue weighted by molar-refractivity contribution is -0.134. The summed E-state index contributed by atoms with van der Waals surface area (Å²) in [5.41, 5.74) is 0. The van der Waals surface area contributed by atoms with Crippen LogP contribution in [0.2, 0.25) is 0 Å². The predicted molar refractivity (Wildman–Crippen MR) is 93.5 cm³/mol. The molecule has 0 bridgehead atoms. The van der Waals surface area contributed by atoms with Crippen LogP contribution in [0.5, 0.6) is 5.75 Å². The van der Waals surface area contributed by atoms with Gasteiger partial charge in [0.05, 0.1) is 4.90 Å². The number of benzene rings is 2. The molecule has 0 radical (unpaired) electrons. The van der Waals surface area contributed by atoms with Crippen LogP contribution in [0.15, 0.2) is 41.3 Å². The first-order chi connectivity index (χ1) is 13.7. The second-order valence-electron chi connectivity index (χ2n) is 6.22. The van der Waals surface area contributed by atoms with E-state index in [1.165, 1.54) is 4.90 Å². The summed E-state index contributed by atoms with van der Waals surface area (Å²) < 4.78 is 84.0. The standard InChI is InChI=1S/C18H16F4N2O4S/c19-12-1-4-17(16(22)9-12)28-11-18(25)23-5-7-24(8-6-23)29(26,27)13-2-3-14(20)15(21)10-13/h1-4,9-10H,5-8,11H2. The molecular weight excluding hydrogens is 416 g/mol. The maximum absolute atomic E-state index is 13.5. The smallest absolute Gasteiger partial charge is 0.260 e. The number of piperazine rings is 1. The highest BCUT2D eigenvalue weighted by Crippen LogP contribution is 2.21. The molecule has 0 aliphatic carbocycles. The quantitative estimate of drug-likeness (QED) is 0.680. The van der Waals surface area contributed by atoms with Gasteiger partial charge in [-0.15, -0.1) is 0 Å². The van der Waals surface area contributed by atoms with Crippen molar-refractivity contribution in [2.24, 2.45) is 0 Å². The number of hydrogen-bond acceptors (Lipinski definition) is 4. The number of carbonyl (C=O) groups is 1. The Kier molecular flexibility index (Phi) is 6.08.